The highest BCUT2D eigenvalue weighted by Gasteiger charge is 2.32. The number of imidazole rings is 1. The zero-order chi connectivity index (χ0) is 28.6. The van der Waals surface area contributed by atoms with Gasteiger partial charge in [-0.1, -0.05) is 18.2 Å². The molecule has 1 saturated carbocycles. The molecule has 2 aromatic heterocycles. The fourth-order valence-electron chi connectivity index (χ4n) is 6.24. The van der Waals surface area contributed by atoms with Gasteiger partial charge in [0.2, 0.25) is 5.88 Å². The number of ether oxygens (including phenoxy) is 2. The van der Waals surface area contributed by atoms with Crippen molar-refractivity contribution in [2.45, 2.75) is 70.7 Å². The van der Waals surface area contributed by atoms with Gasteiger partial charge < -0.3 is 14.0 Å². The van der Waals surface area contributed by atoms with Crippen molar-refractivity contribution < 1.29 is 18.7 Å². The number of aryl methyl sites for hydroxylation is 1. The van der Waals surface area contributed by atoms with Gasteiger partial charge in [0.25, 0.3) is 0 Å². The molecule has 0 radical (unpaired) electrons. The molecule has 1 aliphatic carbocycles. The molecule has 3 fully saturated rings. The van der Waals surface area contributed by atoms with Crippen molar-refractivity contribution in [1.82, 2.24) is 19.4 Å². The second-order valence-corrected chi connectivity index (χ2v) is 12.0. The number of hydrogen-bond acceptors (Lipinski definition) is 6. The summed E-state index contributed by atoms with van der Waals surface area (Å²) in [7, 11) is 0. The topological polar surface area (TPSA) is 69.5 Å². The predicted molar refractivity (Wildman–Crippen MR) is 158 cm³/mol. The molecule has 2 aromatic carbocycles. The van der Waals surface area contributed by atoms with Crippen LogP contribution in [-0.2, 0) is 24.4 Å². The van der Waals surface area contributed by atoms with Crippen molar-refractivity contribution >= 4 is 16.8 Å². The van der Waals surface area contributed by atoms with E-state index in [4.69, 9.17) is 19.4 Å². The lowest BCUT2D eigenvalue weighted by atomic mass is 9.93. The number of nitrogens with zero attached hydrogens (tertiary/aromatic N) is 4. The summed E-state index contributed by atoms with van der Waals surface area (Å²) < 4.78 is 28.9. The number of hydrogen-bond donors (Lipinski definition) is 0. The van der Waals surface area contributed by atoms with Crippen LogP contribution in [0.5, 0.6) is 5.88 Å². The molecule has 0 amide bonds. The average Bonchev–Trinajstić information content (AvgIpc) is 3.78. The third-order valence-corrected chi connectivity index (χ3v) is 9.01. The largest absolute Gasteiger partial charge is 0.473 e. The van der Waals surface area contributed by atoms with Crippen molar-refractivity contribution in [2.75, 3.05) is 19.7 Å². The normalized spacial score (nSPS) is 19.6. The molecule has 8 heteroatoms. The van der Waals surface area contributed by atoms with Crippen LogP contribution in [0, 0.1) is 18.7 Å². The Bertz CT molecular complexity index is 1600. The van der Waals surface area contributed by atoms with Gasteiger partial charge >= 0.3 is 0 Å². The second kappa shape index (κ2) is 11.6. The Hall–Kier alpha value is -3.62. The third kappa shape index (κ3) is 5.70. The first kappa shape index (κ1) is 27.2. The molecule has 7 rings (SSSR count). The van der Waals surface area contributed by atoms with Crippen molar-refractivity contribution in [2.24, 2.45) is 5.92 Å². The first-order valence-corrected chi connectivity index (χ1v) is 15.2. The Morgan fingerprint density at radius 2 is 1.83 bits per heavy atom. The van der Waals surface area contributed by atoms with E-state index in [-0.39, 0.29) is 24.4 Å². The molecule has 1 atom stereocenters. The smallest absolute Gasteiger partial charge is 0.213 e. The molecule has 7 nitrogen and oxygen atoms in total. The number of benzene rings is 2. The van der Waals surface area contributed by atoms with Gasteiger partial charge in [0.15, 0.2) is 5.78 Å². The van der Waals surface area contributed by atoms with E-state index in [0.717, 1.165) is 87.5 Å². The Kier molecular flexibility index (Phi) is 7.50. The van der Waals surface area contributed by atoms with E-state index < -0.39 is 5.82 Å². The van der Waals surface area contributed by atoms with Crippen molar-refractivity contribution in [3.05, 3.63) is 88.6 Å². The lowest BCUT2D eigenvalue weighted by Crippen LogP contribution is -2.35. The molecular weight excluding hydrogens is 531 g/mol. The summed E-state index contributed by atoms with van der Waals surface area (Å²) in [4.78, 5) is 24.7. The summed E-state index contributed by atoms with van der Waals surface area (Å²) in [5, 5.41) is 0. The van der Waals surface area contributed by atoms with Crippen LogP contribution in [0.2, 0.25) is 0 Å². The van der Waals surface area contributed by atoms with Crippen LogP contribution in [0.25, 0.3) is 11.0 Å². The lowest BCUT2D eigenvalue weighted by Gasteiger charge is -2.32. The number of carbonyl (C=O) groups excluding carboxylic acids is 1. The Morgan fingerprint density at radius 1 is 1.02 bits per heavy atom. The standard InChI is InChI=1S/C34H37FN4O3/c1-22-17-25(28(35)18-27(22)34(40)24-9-10-24)21-42-33-8-4-6-29(37-33)23-11-14-38(15-12-23)20-32-36-30-5-2-3-7-31(30)39(32)19-26-13-16-41-26/h2-8,17-18,23-24,26H,9-16,19-21H2,1H3. The van der Waals surface area contributed by atoms with E-state index in [9.17, 15) is 9.18 Å². The maximum atomic E-state index is 14.8. The third-order valence-electron chi connectivity index (χ3n) is 9.01. The SMILES string of the molecule is Cc1cc(COc2cccc(C3CCN(Cc4nc5ccccc5n4CC4CCO4)CC3)n2)c(F)cc1C(=O)C1CC1. The van der Waals surface area contributed by atoms with Crippen molar-refractivity contribution in [3.8, 4) is 5.88 Å². The highest BCUT2D eigenvalue weighted by molar-refractivity contribution is 6.00. The minimum absolute atomic E-state index is 0.0567. The fourth-order valence-corrected chi connectivity index (χ4v) is 6.24. The highest BCUT2D eigenvalue weighted by Crippen LogP contribution is 2.34. The average molecular weight is 569 g/mol. The minimum atomic E-state index is -0.401. The van der Waals surface area contributed by atoms with E-state index in [1.54, 1.807) is 6.07 Å². The Morgan fingerprint density at radius 3 is 2.60 bits per heavy atom. The molecule has 3 aliphatic rings. The Labute approximate surface area is 245 Å². The van der Waals surface area contributed by atoms with Crippen molar-refractivity contribution in [1.29, 1.82) is 0 Å². The number of pyridine rings is 1. The monoisotopic (exact) mass is 568 g/mol. The summed E-state index contributed by atoms with van der Waals surface area (Å²) in [6.07, 6.45) is 5.22. The van der Waals surface area contributed by atoms with Crippen LogP contribution in [0.3, 0.4) is 0 Å². The van der Waals surface area contributed by atoms with Crippen LogP contribution in [0.15, 0.2) is 54.6 Å². The summed E-state index contributed by atoms with van der Waals surface area (Å²) in [5.74, 6) is 1.67. The van der Waals surface area contributed by atoms with Gasteiger partial charge in [-0.3, -0.25) is 9.69 Å². The molecule has 4 heterocycles. The van der Waals surface area contributed by atoms with E-state index >= 15 is 0 Å². The fraction of sp³-hybridized carbons (Fsp3) is 0.441. The zero-order valence-electron chi connectivity index (χ0n) is 24.1. The molecule has 42 heavy (non-hydrogen) atoms. The van der Waals surface area contributed by atoms with Gasteiger partial charge in [0, 0.05) is 41.3 Å². The number of rotatable bonds is 10. The first-order valence-electron chi connectivity index (χ1n) is 15.2. The van der Waals surface area contributed by atoms with Crippen LogP contribution in [-0.4, -0.2) is 51.0 Å². The molecule has 218 valence electrons. The number of aromatic nitrogens is 3. The molecule has 0 spiro atoms. The highest BCUT2D eigenvalue weighted by atomic mass is 19.1. The maximum absolute atomic E-state index is 14.8. The predicted octanol–water partition coefficient (Wildman–Crippen LogP) is 6.22. The minimum Gasteiger partial charge on any atom is -0.473 e. The number of fused-ring (bicyclic) bond motifs is 1. The quantitative estimate of drug-likeness (QED) is 0.212. The number of para-hydroxylation sites is 2. The molecule has 0 N–H and O–H groups in total. The van der Waals surface area contributed by atoms with Gasteiger partial charge in [-0.15, -0.1) is 0 Å². The Balaban J connectivity index is 0.970. The van der Waals surface area contributed by atoms with E-state index in [1.807, 2.05) is 25.1 Å². The maximum Gasteiger partial charge on any atom is 0.213 e. The molecule has 2 saturated heterocycles. The molecule has 4 aromatic rings. The van der Waals surface area contributed by atoms with Crippen LogP contribution < -0.4 is 4.74 Å². The number of halogens is 1. The van der Waals surface area contributed by atoms with Gasteiger partial charge in [-0.25, -0.2) is 14.4 Å². The number of carbonyl (C=O) groups is 1. The van der Waals surface area contributed by atoms with Crippen molar-refractivity contribution in [3.63, 3.8) is 0 Å². The van der Waals surface area contributed by atoms with E-state index in [2.05, 4.69) is 33.7 Å². The second-order valence-electron chi connectivity index (χ2n) is 12.0. The van der Waals surface area contributed by atoms with E-state index in [1.165, 1.54) is 11.6 Å². The number of Topliss-reactive ketones (excluding diaryl/α,β-unsaturated/α-hetero) is 1. The number of likely N-dealkylation sites (tertiary alicyclic amines) is 1. The zero-order valence-corrected chi connectivity index (χ0v) is 24.1. The summed E-state index contributed by atoms with van der Waals surface area (Å²) in [6, 6.07) is 17.3. The molecular formula is C34H37FN4O3. The lowest BCUT2D eigenvalue weighted by molar-refractivity contribution is -0.0592. The van der Waals surface area contributed by atoms with Crippen LogP contribution >= 0.6 is 0 Å². The molecule has 2 aliphatic heterocycles. The molecule has 0 bridgehead atoms. The first-order chi connectivity index (χ1) is 20.5. The van der Waals surface area contributed by atoms with Gasteiger partial charge in [-0.2, -0.15) is 0 Å². The van der Waals surface area contributed by atoms with Gasteiger partial charge in [0.1, 0.15) is 18.2 Å². The summed E-state index contributed by atoms with van der Waals surface area (Å²) in [6.45, 7) is 6.41. The van der Waals surface area contributed by atoms with Crippen LogP contribution in [0.4, 0.5) is 4.39 Å². The summed E-state index contributed by atoms with van der Waals surface area (Å²) >= 11 is 0. The number of ketones is 1. The van der Waals surface area contributed by atoms with Gasteiger partial charge in [-0.05, 0) is 88.0 Å². The number of piperidine rings is 1. The summed E-state index contributed by atoms with van der Waals surface area (Å²) in [5.41, 5.74) is 4.97. The van der Waals surface area contributed by atoms with Crippen LogP contribution in [0.1, 0.15) is 71.0 Å². The van der Waals surface area contributed by atoms with E-state index in [0.29, 0.717) is 22.9 Å². The van der Waals surface area contributed by atoms with Gasteiger partial charge in [0.05, 0.1) is 30.2 Å². The molecule has 1 unspecified atom stereocenters.